The van der Waals surface area contributed by atoms with Crippen molar-refractivity contribution in [1.29, 1.82) is 0 Å². The molecule has 0 bridgehead atoms. The fourth-order valence-corrected chi connectivity index (χ4v) is 4.11. The van der Waals surface area contributed by atoms with Gasteiger partial charge in [-0.25, -0.2) is 0 Å². The molecule has 1 fully saturated rings. The lowest BCUT2D eigenvalue weighted by Crippen LogP contribution is -2.30. The van der Waals surface area contributed by atoms with Crippen molar-refractivity contribution < 1.29 is 4.79 Å². The largest absolute Gasteiger partial charge is 0.332 e. The van der Waals surface area contributed by atoms with Crippen LogP contribution in [0, 0.1) is 0 Å². The van der Waals surface area contributed by atoms with Crippen molar-refractivity contribution in [2.75, 3.05) is 6.54 Å². The lowest BCUT2D eigenvalue weighted by atomic mass is 10.0. The number of hydrogen-bond acceptors (Lipinski definition) is 2. The van der Waals surface area contributed by atoms with Crippen LogP contribution in [-0.2, 0) is 6.42 Å². The van der Waals surface area contributed by atoms with Crippen LogP contribution in [0.3, 0.4) is 0 Å². The maximum atomic E-state index is 13.2. The summed E-state index contributed by atoms with van der Waals surface area (Å²) < 4.78 is 1.06. The van der Waals surface area contributed by atoms with Crippen LogP contribution < -0.4 is 0 Å². The van der Waals surface area contributed by atoms with E-state index in [-0.39, 0.29) is 11.9 Å². The minimum absolute atomic E-state index is 0.112. The molecule has 2 aromatic carbocycles. The van der Waals surface area contributed by atoms with Crippen LogP contribution in [-0.4, -0.2) is 27.5 Å². The quantitative estimate of drug-likeness (QED) is 0.636. The molecule has 0 spiro atoms. The van der Waals surface area contributed by atoms with Gasteiger partial charge >= 0.3 is 0 Å². The monoisotopic (exact) mass is 411 g/mol. The van der Waals surface area contributed by atoms with Gasteiger partial charge in [0, 0.05) is 27.7 Å². The number of fused-ring (bicyclic) bond motifs is 1. The van der Waals surface area contributed by atoms with Crippen LogP contribution >= 0.6 is 15.9 Å². The first kappa shape index (κ1) is 17.3. The minimum Gasteiger partial charge on any atom is -0.332 e. The van der Waals surface area contributed by atoms with Gasteiger partial charge in [0.25, 0.3) is 5.91 Å². The zero-order chi connectivity index (χ0) is 18.1. The summed E-state index contributed by atoms with van der Waals surface area (Å²) in [6, 6.07) is 14.3. The Balaban J connectivity index is 1.64. The van der Waals surface area contributed by atoms with Crippen molar-refractivity contribution in [3.8, 4) is 0 Å². The Morgan fingerprint density at radius 1 is 1.27 bits per heavy atom. The third kappa shape index (κ3) is 3.16. The van der Waals surface area contributed by atoms with Gasteiger partial charge in [-0.2, -0.15) is 5.10 Å². The van der Waals surface area contributed by atoms with E-state index < -0.39 is 0 Å². The molecule has 4 nitrogen and oxygen atoms in total. The molecule has 5 heteroatoms. The van der Waals surface area contributed by atoms with Gasteiger partial charge in [-0.15, -0.1) is 0 Å². The molecular formula is C21H22BrN3O. The fraction of sp³-hybridized carbons (Fsp3) is 0.333. The standard InChI is InChI=1S/C21H22BrN3O/c1-2-4-18-17-13-15(8-11-19(17)24-23-18)21(26)25-12-3-5-20(25)14-6-9-16(22)10-7-14/h6-11,13,20H,2-5,12H2,1H3,(H,23,24)/t20-/m0/s1. The normalized spacial score (nSPS) is 17.2. The number of hydrogen-bond donors (Lipinski definition) is 1. The first-order valence-electron chi connectivity index (χ1n) is 9.21. The SMILES string of the molecule is CCCc1[nH]nc2ccc(C(=O)N3CCC[C@H]3c3ccc(Br)cc3)cc12. The Morgan fingerprint density at radius 2 is 2.08 bits per heavy atom. The molecule has 2 heterocycles. The predicted octanol–water partition coefficient (Wildman–Crippen LogP) is 5.26. The fourth-order valence-electron chi connectivity index (χ4n) is 3.84. The van der Waals surface area contributed by atoms with Crippen molar-refractivity contribution in [2.45, 2.75) is 38.6 Å². The van der Waals surface area contributed by atoms with Crippen LogP contribution in [0.5, 0.6) is 0 Å². The Bertz CT molecular complexity index is 932. The van der Waals surface area contributed by atoms with Crippen LogP contribution in [0.2, 0.25) is 0 Å². The van der Waals surface area contributed by atoms with Gasteiger partial charge in [-0.3, -0.25) is 9.89 Å². The maximum absolute atomic E-state index is 13.2. The van der Waals surface area contributed by atoms with Gasteiger partial charge in [0.2, 0.25) is 0 Å². The molecule has 0 unspecified atom stereocenters. The third-order valence-corrected chi connectivity index (χ3v) is 5.68. The highest BCUT2D eigenvalue weighted by Crippen LogP contribution is 2.34. The highest BCUT2D eigenvalue weighted by molar-refractivity contribution is 9.10. The Labute approximate surface area is 161 Å². The number of likely N-dealkylation sites (tertiary alicyclic amines) is 1. The first-order chi connectivity index (χ1) is 12.7. The highest BCUT2D eigenvalue weighted by atomic mass is 79.9. The molecule has 134 valence electrons. The van der Waals surface area contributed by atoms with E-state index >= 15 is 0 Å². The van der Waals surface area contributed by atoms with Gasteiger partial charge in [0.1, 0.15) is 0 Å². The summed E-state index contributed by atoms with van der Waals surface area (Å²) in [5.41, 5.74) is 3.99. The van der Waals surface area contributed by atoms with Crippen molar-refractivity contribution in [2.24, 2.45) is 0 Å². The molecular weight excluding hydrogens is 390 g/mol. The lowest BCUT2D eigenvalue weighted by Gasteiger charge is -2.25. The van der Waals surface area contributed by atoms with Crippen LogP contribution in [0.4, 0.5) is 0 Å². The summed E-state index contributed by atoms with van der Waals surface area (Å²) in [6.45, 7) is 2.96. The first-order valence-corrected chi connectivity index (χ1v) is 10.00. The van der Waals surface area contributed by atoms with E-state index in [0.717, 1.165) is 58.9 Å². The van der Waals surface area contributed by atoms with E-state index in [1.165, 1.54) is 5.56 Å². The number of aryl methyl sites for hydroxylation is 1. The van der Waals surface area contributed by atoms with E-state index in [1.807, 2.05) is 35.2 Å². The van der Waals surface area contributed by atoms with Crippen LogP contribution in [0.1, 0.15) is 53.8 Å². The Hall–Kier alpha value is -2.14. The summed E-state index contributed by atoms with van der Waals surface area (Å²) in [5, 5.41) is 8.53. The van der Waals surface area contributed by atoms with E-state index in [4.69, 9.17) is 0 Å². The molecule has 26 heavy (non-hydrogen) atoms. The second-order valence-corrected chi connectivity index (χ2v) is 7.81. The molecule has 1 N–H and O–H groups in total. The molecule has 0 radical (unpaired) electrons. The van der Waals surface area contributed by atoms with Gasteiger partial charge in [-0.05, 0) is 55.2 Å². The molecule has 1 aliphatic rings. The summed E-state index contributed by atoms with van der Waals surface area (Å²) in [7, 11) is 0. The molecule has 3 aromatic rings. The number of carbonyl (C=O) groups excluding carboxylic acids is 1. The zero-order valence-corrected chi connectivity index (χ0v) is 16.4. The Kier molecular flexibility index (Phi) is 4.81. The number of carbonyl (C=O) groups is 1. The molecule has 1 aromatic heterocycles. The average Bonchev–Trinajstić information content (AvgIpc) is 3.29. The molecule has 1 atom stereocenters. The molecule has 0 saturated carbocycles. The molecule has 1 aliphatic heterocycles. The number of amides is 1. The minimum atomic E-state index is 0.112. The lowest BCUT2D eigenvalue weighted by molar-refractivity contribution is 0.0736. The number of rotatable bonds is 4. The molecule has 4 rings (SSSR count). The number of nitrogens with zero attached hydrogens (tertiary/aromatic N) is 2. The highest BCUT2D eigenvalue weighted by Gasteiger charge is 2.30. The van der Waals surface area contributed by atoms with Crippen LogP contribution in [0.25, 0.3) is 10.9 Å². The Morgan fingerprint density at radius 3 is 2.85 bits per heavy atom. The topological polar surface area (TPSA) is 49.0 Å². The van der Waals surface area contributed by atoms with Crippen molar-refractivity contribution >= 4 is 32.7 Å². The maximum Gasteiger partial charge on any atom is 0.254 e. The number of nitrogens with one attached hydrogen (secondary N) is 1. The van der Waals surface area contributed by atoms with E-state index in [0.29, 0.717) is 0 Å². The van der Waals surface area contributed by atoms with E-state index in [9.17, 15) is 4.79 Å². The number of halogens is 1. The summed E-state index contributed by atoms with van der Waals surface area (Å²) in [4.78, 5) is 15.2. The molecule has 1 saturated heterocycles. The van der Waals surface area contributed by atoms with E-state index in [1.54, 1.807) is 0 Å². The second kappa shape index (κ2) is 7.23. The average molecular weight is 412 g/mol. The van der Waals surface area contributed by atoms with Gasteiger partial charge < -0.3 is 4.90 Å². The predicted molar refractivity (Wildman–Crippen MR) is 107 cm³/mol. The smallest absolute Gasteiger partial charge is 0.254 e. The number of benzene rings is 2. The number of aromatic nitrogens is 2. The van der Waals surface area contributed by atoms with Gasteiger partial charge in [0.05, 0.1) is 11.6 Å². The summed E-state index contributed by atoms with van der Waals surface area (Å²) in [6.07, 6.45) is 4.05. The van der Waals surface area contributed by atoms with Crippen molar-refractivity contribution in [3.63, 3.8) is 0 Å². The zero-order valence-electron chi connectivity index (χ0n) is 14.8. The second-order valence-electron chi connectivity index (χ2n) is 6.89. The number of aromatic amines is 1. The van der Waals surface area contributed by atoms with Crippen molar-refractivity contribution in [3.05, 3.63) is 63.8 Å². The summed E-state index contributed by atoms with van der Waals surface area (Å²) >= 11 is 3.48. The molecule has 0 aliphatic carbocycles. The van der Waals surface area contributed by atoms with Gasteiger partial charge in [0.15, 0.2) is 0 Å². The summed E-state index contributed by atoms with van der Waals surface area (Å²) in [5.74, 6) is 0.112. The van der Waals surface area contributed by atoms with E-state index in [2.05, 4.69) is 45.2 Å². The van der Waals surface area contributed by atoms with Gasteiger partial charge in [-0.1, -0.05) is 41.4 Å². The number of H-pyrrole nitrogens is 1. The van der Waals surface area contributed by atoms with Crippen molar-refractivity contribution in [1.82, 2.24) is 15.1 Å². The molecule has 1 amide bonds. The third-order valence-electron chi connectivity index (χ3n) is 5.15. The van der Waals surface area contributed by atoms with Crippen LogP contribution in [0.15, 0.2) is 46.9 Å².